The summed E-state index contributed by atoms with van der Waals surface area (Å²) < 4.78 is 108. The molecule has 448 valence electrons. The third-order valence-corrected chi connectivity index (χ3v) is 14.1. The molecule has 3 aromatic heterocycles. The van der Waals surface area contributed by atoms with E-state index in [2.05, 4.69) is 30.3 Å². The van der Waals surface area contributed by atoms with Crippen molar-refractivity contribution in [2.45, 2.75) is 95.7 Å². The van der Waals surface area contributed by atoms with E-state index in [1.165, 1.54) is 4.68 Å². The maximum absolute atomic E-state index is 14.0. The number of nitrogens with zero attached hydrogens (tertiary/aromatic N) is 8. The molecule has 80 heavy (non-hydrogen) atoms. The highest BCUT2D eigenvalue weighted by molar-refractivity contribution is 7.51. The summed E-state index contributed by atoms with van der Waals surface area (Å²) in [6, 6.07) is 1.82. The minimum absolute atomic E-state index is 0.0325. The topological polar surface area (TPSA) is 303 Å². The van der Waals surface area contributed by atoms with E-state index < -0.39 is 56.0 Å². The fraction of sp³-hybridized carbons (Fsp3) is 0.720. The molecule has 3 aliphatic rings. The van der Waals surface area contributed by atoms with Crippen LogP contribution >= 0.6 is 19.2 Å². The first kappa shape index (κ1) is 63.5. The van der Waals surface area contributed by atoms with E-state index in [0.29, 0.717) is 141 Å². The van der Waals surface area contributed by atoms with Crippen molar-refractivity contribution in [3.05, 3.63) is 52.7 Å². The minimum Gasteiger partial charge on any atom is -0.423 e. The second kappa shape index (κ2) is 32.7. The smallest absolute Gasteiger partial charge is 0.350 e. The van der Waals surface area contributed by atoms with Crippen molar-refractivity contribution in [2.75, 3.05) is 137 Å². The number of hydrogen-bond donors (Lipinski definition) is 4. The first-order valence-corrected chi connectivity index (χ1v) is 29.0. The maximum Gasteiger partial charge on any atom is 0.350 e. The molecule has 0 bridgehead atoms. The van der Waals surface area contributed by atoms with Crippen LogP contribution in [0.2, 0.25) is 5.28 Å². The van der Waals surface area contributed by atoms with Gasteiger partial charge >= 0.3 is 13.6 Å². The summed E-state index contributed by atoms with van der Waals surface area (Å²) in [6.45, 7) is 10.00. The molecule has 4 atom stereocenters. The fourth-order valence-corrected chi connectivity index (χ4v) is 9.82. The Labute approximate surface area is 466 Å². The van der Waals surface area contributed by atoms with Crippen LogP contribution in [0.25, 0.3) is 11.0 Å². The largest absolute Gasteiger partial charge is 0.423 e. The SMILES string of the molecule is CCc1cc(F)cc(F)c1OC(=O)CCOCCOCCOCCOCCn1cc(COCCOCCOCCOCCOC2CCC3(CC2)CN(c2nc(Cl)nc4c2cnn4CC2OC(COCP(=O)(O)O)[C@@H](O)[C@H]2O)C3)nn1. The predicted octanol–water partition coefficient (Wildman–Crippen LogP) is 2.65. The number of carbonyl (C=O) groups is 1. The van der Waals surface area contributed by atoms with E-state index >= 15 is 0 Å². The number of fused-ring (bicyclic) bond motifs is 1. The predicted molar refractivity (Wildman–Crippen MR) is 278 cm³/mol. The molecule has 0 amide bonds. The number of halogens is 3. The van der Waals surface area contributed by atoms with Gasteiger partial charge in [0.1, 0.15) is 48.1 Å². The molecular weight excluding hydrogens is 1110 g/mol. The van der Waals surface area contributed by atoms with Crippen LogP contribution < -0.4 is 9.64 Å². The molecule has 3 fully saturated rings. The summed E-state index contributed by atoms with van der Waals surface area (Å²) in [5.74, 6) is -1.90. The van der Waals surface area contributed by atoms with E-state index in [0.717, 1.165) is 44.8 Å². The first-order valence-electron chi connectivity index (χ1n) is 26.8. The molecule has 30 heteroatoms. The lowest BCUT2D eigenvalue weighted by molar-refractivity contribution is -0.136. The highest BCUT2D eigenvalue weighted by Crippen LogP contribution is 2.47. The lowest BCUT2D eigenvalue weighted by atomic mass is 9.68. The van der Waals surface area contributed by atoms with Gasteiger partial charge in [0.05, 0.1) is 162 Å². The van der Waals surface area contributed by atoms with Gasteiger partial charge in [0.25, 0.3) is 0 Å². The molecule has 2 unspecified atom stereocenters. The second-order valence-corrected chi connectivity index (χ2v) is 21.4. The van der Waals surface area contributed by atoms with Crippen LogP contribution in [0.3, 0.4) is 0 Å². The normalized spacial score (nSPS) is 19.4. The Kier molecular flexibility index (Phi) is 26.0. The van der Waals surface area contributed by atoms with Gasteiger partial charge in [-0.2, -0.15) is 15.1 Å². The highest BCUT2D eigenvalue weighted by atomic mass is 35.5. The van der Waals surface area contributed by atoms with Gasteiger partial charge in [-0.05, 0) is 49.8 Å². The number of esters is 1. The van der Waals surface area contributed by atoms with Crippen molar-refractivity contribution in [3.8, 4) is 5.75 Å². The number of aliphatic hydroxyl groups excluding tert-OH is 2. The van der Waals surface area contributed by atoms with Gasteiger partial charge in [-0.3, -0.25) is 9.36 Å². The van der Waals surface area contributed by atoms with E-state index in [4.69, 9.17) is 78.2 Å². The van der Waals surface area contributed by atoms with Crippen molar-refractivity contribution in [2.24, 2.45) is 5.41 Å². The zero-order chi connectivity index (χ0) is 56.7. The molecule has 0 radical (unpaired) electrons. The molecule has 26 nitrogen and oxygen atoms in total. The Hall–Kier alpha value is -4.04. The summed E-state index contributed by atoms with van der Waals surface area (Å²) in [6.07, 6.45) is 2.44. The molecule has 1 aliphatic carbocycles. The molecule has 2 saturated heterocycles. The van der Waals surface area contributed by atoms with Gasteiger partial charge in [0.15, 0.2) is 17.2 Å². The number of carbonyl (C=O) groups excluding carboxylic acids is 1. The molecule has 4 aromatic rings. The van der Waals surface area contributed by atoms with Crippen LogP contribution in [-0.2, 0) is 87.6 Å². The van der Waals surface area contributed by atoms with Crippen molar-refractivity contribution in [3.63, 3.8) is 0 Å². The van der Waals surface area contributed by atoms with Crippen LogP contribution in [0.15, 0.2) is 24.5 Å². The lowest BCUT2D eigenvalue weighted by Crippen LogP contribution is -2.58. The summed E-state index contributed by atoms with van der Waals surface area (Å²) in [7, 11) is -4.40. The van der Waals surface area contributed by atoms with Crippen LogP contribution in [0.5, 0.6) is 5.75 Å². The maximum atomic E-state index is 14.0. The molecule has 4 N–H and O–H groups in total. The average molecular weight is 1180 g/mol. The standard InChI is InChI=1S/C50H74ClF2N8O18P/c1-2-35-25-36(52)26-40(53)46(35)79-43(62)5-9-68-11-13-70-15-16-71-14-12-69-10-8-60-28-37(57-58-60)30-75-22-21-73-18-17-72-19-20-74-23-24-77-38-3-6-50(7-4-38)32-59(33-50)47-39-27-54-61(48(39)56-49(51)55-47)29-41-44(63)45(64)42(78-41)31-76-34-80(65,66)67/h25-28,38,41-42,44-45,63-64H,2-24,29-34H2,1H3,(H2,65,66,67)/t41?,42?,44-,45+/m0/s1. The van der Waals surface area contributed by atoms with Crippen molar-refractivity contribution >= 4 is 42.0 Å². The van der Waals surface area contributed by atoms with Crippen molar-refractivity contribution in [1.82, 2.24) is 34.7 Å². The van der Waals surface area contributed by atoms with Gasteiger partial charge in [0, 0.05) is 30.1 Å². The van der Waals surface area contributed by atoms with Gasteiger partial charge in [-0.1, -0.05) is 12.1 Å². The summed E-state index contributed by atoms with van der Waals surface area (Å²) in [5.41, 5.74) is 1.57. The molecule has 1 aromatic carbocycles. The van der Waals surface area contributed by atoms with E-state index in [1.807, 2.05) is 0 Å². The first-order chi connectivity index (χ1) is 38.7. The summed E-state index contributed by atoms with van der Waals surface area (Å²) in [5, 5.41) is 34.6. The Morgan fingerprint density at radius 2 is 1.40 bits per heavy atom. The molecule has 5 heterocycles. The van der Waals surface area contributed by atoms with Gasteiger partial charge in [-0.15, -0.1) is 5.10 Å². The van der Waals surface area contributed by atoms with E-state index in [1.54, 1.807) is 24.0 Å². The van der Waals surface area contributed by atoms with Crippen LogP contribution in [0.4, 0.5) is 14.6 Å². The third-order valence-electron chi connectivity index (χ3n) is 13.4. The Morgan fingerprint density at radius 3 is 2.04 bits per heavy atom. The van der Waals surface area contributed by atoms with Gasteiger partial charge in [-0.25, -0.2) is 18.1 Å². The number of aromatic nitrogens is 7. The van der Waals surface area contributed by atoms with Gasteiger partial charge < -0.3 is 81.7 Å². The van der Waals surface area contributed by atoms with Crippen LogP contribution in [0, 0.1) is 17.0 Å². The minimum atomic E-state index is -4.40. The Bertz CT molecular complexity index is 2540. The number of benzene rings is 1. The zero-order valence-electron chi connectivity index (χ0n) is 44.9. The quantitative estimate of drug-likeness (QED) is 0.0164. The summed E-state index contributed by atoms with van der Waals surface area (Å²) >= 11 is 6.39. The lowest BCUT2D eigenvalue weighted by Gasteiger charge is -2.54. The third kappa shape index (κ3) is 20.4. The number of ether oxygens (including phenoxy) is 12. The number of rotatable bonds is 39. The zero-order valence-corrected chi connectivity index (χ0v) is 46.5. The number of aryl methyl sites for hydroxylation is 1. The van der Waals surface area contributed by atoms with E-state index in [9.17, 15) is 28.4 Å². The number of aliphatic hydroxyl groups is 2. The van der Waals surface area contributed by atoms with Gasteiger partial charge in [0.2, 0.25) is 5.28 Å². The van der Waals surface area contributed by atoms with Crippen molar-refractivity contribution in [1.29, 1.82) is 0 Å². The van der Waals surface area contributed by atoms with Crippen molar-refractivity contribution < 1.29 is 95.0 Å². The second-order valence-electron chi connectivity index (χ2n) is 19.4. The molecule has 7 rings (SSSR count). The fourth-order valence-electron chi connectivity index (χ4n) is 9.32. The number of anilines is 1. The molecular formula is C50H74ClF2N8O18P. The molecule has 1 saturated carbocycles. The average Bonchev–Trinajstić information content (AvgIpc) is 4.27. The Balaban J connectivity index is 0.613. The number of hydrogen-bond acceptors (Lipinski definition) is 22. The van der Waals surface area contributed by atoms with E-state index in [-0.39, 0.29) is 60.9 Å². The van der Waals surface area contributed by atoms with Crippen LogP contribution in [0.1, 0.15) is 50.3 Å². The highest BCUT2D eigenvalue weighted by Gasteiger charge is 2.47. The Morgan fingerprint density at radius 1 is 0.800 bits per heavy atom. The molecule has 1 spiro atoms. The van der Waals surface area contributed by atoms with Crippen LogP contribution in [-0.4, -0.2) is 223 Å². The summed E-state index contributed by atoms with van der Waals surface area (Å²) in [4.78, 5) is 41.2. The molecule has 2 aliphatic heterocycles. The monoisotopic (exact) mass is 1180 g/mol.